The lowest BCUT2D eigenvalue weighted by Gasteiger charge is -2.22. The SMILES string of the molecule is CCOc1ccc(NC(=O)CSc2nc(=O)n(Cc3ccccn3)c3c2CCCC3)cc1. The molecule has 1 aliphatic rings. The van der Waals surface area contributed by atoms with Gasteiger partial charge in [-0.1, -0.05) is 17.8 Å². The van der Waals surface area contributed by atoms with Crippen molar-refractivity contribution >= 4 is 23.4 Å². The summed E-state index contributed by atoms with van der Waals surface area (Å²) in [5.41, 5.74) is 3.37. The number of carbonyl (C=O) groups is 1. The minimum Gasteiger partial charge on any atom is -0.494 e. The van der Waals surface area contributed by atoms with E-state index in [1.165, 1.54) is 11.8 Å². The molecule has 32 heavy (non-hydrogen) atoms. The van der Waals surface area contributed by atoms with Crippen LogP contribution in [0.2, 0.25) is 0 Å². The molecule has 0 saturated carbocycles. The summed E-state index contributed by atoms with van der Waals surface area (Å²) in [6.45, 7) is 2.94. The van der Waals surface area contributed by atoms with Gasteiger partial charge in [-0.2, -0.15) is 4.98 Å². The van der Waals surface area contributed by atoms with Crippen molar-refractivity contribution in [3.8, 4) is 5.75 Å². The molecule has 0 spiro atoms. The van der Waals surface area contributed by atoms with Crippen molar-refractivity contribution < 1.29 is 9.53 Å². The number of fused-ring (bicyclic) bond motifs is 1. The van der Waals surface area contributed by atoms with Gasteiger partial charge in [0.25, 0.3) is 0 Å². The first-order chi connectivity index (χ1) is 15.6. The normalized spacial score (nSPS) is 12.8. The minimum atomic E-state index is -0.286. The number of anilines is 1. The molecule has 2 heterocycles. The number of amides is 1. The smallest absolute Gasteiger partial charge is 0.349 e. The van der Waals surface area contributed by atoms with Crippen LogP contribution in [-0.2, 0) is 24.2 Å². The Hall–Kier alpha value is -3.13. The summed E-state index contributed by atoms with van der Waals surface area (Å²) in [7, 11) is 0. The molecule has 3 aromatic rings. The fraction of sp³-hybridized carbons (Fsp3) is 0.333. The number of nitrogens with zero attached hydrogens (tertiary/aromatic N) is 3. The third-order valence-electron chi connectivity index (χ3n) is 5.29. The lowest BCUT2D eigenvalue weighted by Crippen LogP contribution is -2.31. The van der Waals surface area contributed by atoms with E-state index in [1.807, 2.05) is 49.4 Å². The van der Waals surface area contributed by atoms with Crippen molar-refractivity contribution in [1.82, 2.24) is 14.5 Å². The van der Waals surface area contributed by atoms with Gasteiger partial charge in [0, 0.05) is 23.1 Å². The highest BCUT2D eigenvalue weighted by Gasteiger charge is 2.21. The van der Waals surface area contributed by atoms with Gasteiger partial charge in [0.2, 0.25) is 5.91 Å². The van der Waals surface area contributed by atoms with E-state index in [1.54, 1.807) is 10.8 Å². The average Bonchev–Trinajstić information content (AvgIpc) is 2.82. The van der Waals surface area contributed by atoms with Crippen molar-refractivity contribution in [3.05, 3.63) is 76.1 Å². The number of hydrogen-bond acceptors (Lipinski definition) is 6. The standard InChI is InChI=1S/C24H26N4O3S/c1-2-31-19-12-10-17(11-13-19)26-22(29)16-32-23-20-8-3-4-9-21(20)28(24(30)27-23)15-18-7-5-6-14-25-18/h5-7,10-14H,2-4,8-9,15-16H2,1H3,(H,26,29). The van der Waals surface area contributed by atoms with E-state index in [-0.39, 0.29) is 17.3 Å². The summed E-state index contributed by atoms with van der Waals surface area (Å²) >= 11 is 1.33. The predicted molar refractivity (Wildman–Crippen MR) is 125 cm³/mol. The fourth-order valence-electron chi connectivity index (χ4n) is 3.82. The number of thioether (sulfide) groups is 1. The van der Waals surface area contributed by atoms with E-state index in [2.05, 4.69) is 15.3 Å². The first kappa shape index (κ1) is 22.1. The maximum Gasteiger partial charge on any atom is 0.349 e. The summed E-state index contributed by atoms with van der Waals surface area (Å²) in [4.78, 5) is 34.0. The maximum absolute atomic E-state index is 12.8. The number of benzene rings is 1. The summed E-state index contributed by atoms with van der Waals surface area (Å²) in [5.74, 6) is 0.821. The van der Waals surface area contributed by atoms with E-state index in [0.29, 0.717) is 23.9 Å². The van der Waals surface area contributed by atoms with Crippen LogP contribution in [0.4, 0.5) is 5.69 Å². The Balaban J connectivity index is 1.47. The lowest BCUT2D eigenvalue weighted by molar-refractivity contribution is -0.113. The molecule has 0 unspecified atom stereocenters. The Morgan fingerprint density at radius 2 is 1.97 bits per heavy atom. The molecule has 166 valence electrons. The Morgan fingerprint density at radius 3 is 2.72 bits per heavy atom. The van der Waals surface area contributed by atoms with Gasteiger partial charge in [0.1, 0.15) is 10.8 Å². The zero-order valence-corrected chi connectivity index (χ0v) is 18.9. The highest BCUT2D eigenvalue weighted by atomic mass is 32.2. The zero-order valence-electron chi connectivity index (χ0n) is 18.0. The molecule has 1 aromatic carbocycles. The largest absolute Gasteiger partial charge is 0.494 e. The van der Waals surface area contributed by atoms with Crippen molar-refractivity contribution in [1.29, 1.82) is 0 Å². The van der Waals surface area contributed by atoms with Crippen LogP contribution >= 0.6 is 11.8 Å². The molecule has 0 saturated heterocycles. The first-order valence-corrected chi connectivity index (χ1v) is 11.8. The van der Waals surface area contributed by atoms with Gasteiger partial charge < -0.3 is 10.1 Å². The molecule has 4 rings (SSSR count). The van der Waals surface area contributed by atoms with Gasteiger partial charge in [-0.3, -0.25) is 14.3 Å². The summed E-state index contributed by atoms with van der Waals surface area (Å²) < 4.78 is 7.16. The number of aromatic nitrogens is 3. The van der Waals surface area contributed by atoms with Crippen LogP contribution in [0.1, 0.15) is 36.7 Å². The zero-order chi connectivity index (χ0) is 22.3. The van der Waals surface area contributed by atoms with E-state index < -0.39 is 0 Å². The van der Waals surface area contributed by atoms with E-state index in [0.717, 1.165) is 48.4 Å². The predicted octanol–water partition coefficient (Wildman–Crippen LogP) is 3.69. The molecule has 1 aliphatic carbocycles. The molecule has 0 radical (unpaired) electrons. The second-order valence-electron chi connectivity index (χ2n) is 7.53. The van der Waals surface area contributed by atoms with Crippen molar-refractivity contribution in [2.45, 2.75) is 44.2 Å². The molecule has 0 aliphatic heterocycles. The lowest BCUT2D eigenvalue weighted by atomic mass is 9.97. The van der Waals surface area contributed by atoms with Gasteiger partial charge in [0.15, 0.2) is 0 Å². The molecule has 8 heteroatoms. The van der Waals surface area contributed by atoms with Crippen molar-refractivity contribution in [2.24, 2.45) is 0 Å². The van der Waals surface area contributed by atoms with Gasteiger partial charge in [-0.25, -0.2) is 4.79 Å². The summed E-state index contributed by atoms with van der Waals surface area (Å²) in [5, 5.41) is 3.56. The number of ether oxygens (including phenoxy) is 1. The topological polar surface area (TPSA) is 86.1 Å². The molecular weight excluding hydrogens is 424 g/mol. The van der Waals surface area contributed by atoms with Gasteiger partial charge in [0.05, 0.1) is 24.6 Å². The highest BCUT2D eigenvalue weighted by Crippen LogP contribution is 2.29. The van der Waals surface area contributed by atoms with Crippen molar-refractivity contribution in [3.63, 3.8) is 0 Å². The molecule has 1 amide bonds. The summed E-state index contributed by atoms with van der Waals surface area (Å²) in [6, 6.07) is 13.0. The van der Waals surface area contributed by atoms with Gasteiger partial charge >= 0.3 is 5.69 Å². The first-order valence-electron chi connectivity index (χ1n) is 10.8. The second-order valence-corrected chi connectivity index (χ2v) is 8.50. The number of carbonyl (C=O) groups excluding carboxylic acids is 1. The molecule has 0 atom stereocenters. The van der Waals surface area contributed by atoms with Crippen LogP contribution in [0.25, 0.3) is 0 Å². The molecular formula is C24H26N4O3S. The second kappa shape index (κ2) is 10.5. The quantitative estimate of drug-likeness (QED) is 0.416. The molecule has 2 aromatic heterocycles. The Kier molecular flexibility index (Phi) is 7.21. The molecule has 7 nitrogen and oxygen atoms in total. The molecule has 1 N–H and O–H groups in total. The molecule has 0 bridgehead atoms. The monoisotopic (exact) mass is 450 g/mol. The van der Waals surface area contributed by atoms with Crippen LogP contribution in [0, 0.1) is 0 Å². The number of pyridine rings is 1. The van der Waals surface area contributed by atoms with Crippen LogP contribution in [-0.4, -0.2) is 32.8 Å². The number of nitrogens with one attached hydrogen (secondary N) is 1. The minimum absolute atomic E-state index is 0.136. The third-order valence-corrected chi connectivity index (χ3v) is 6.30. The van der Waals surface area contributed by atoms with Crippen LogP contribution in [0.5, 0.6) is 5.75 Å². The van der Waals surface area contributed by atoms with E-state index >= 15 is 0 Å². The summed E-state index contributed by atoms with van der Waals surface area (Å²) in [6.07, 6.45) is 5.54. The fourth-order valence-corrected chi connectivity index (χ4v) is 4.69. The van der Waals surface area contributed by atoms with Crippen LogP contribution < -0.4 is 15.7 Å². The van der Waals surface area contributed by atoms with Crippen molar-refractivity contribution in [2.75, 3.05) is 17.7 Å². The highest BCUT2D eigenvalue weighted by molar-refractivity contribution is 8.00. The maximum atomic E-state index is 12.8. The third kappa shape index (κ3) is 5.37. The van der Waals surface area contributed by atoms with Crippen LogP contribution in [0.15, 0.2) is 58.5 Å². The number of hydrogen-bond donors (Lipinski definition) is 1. The Labute approximate surface area is 191 Å². The molecule has 0 fully saturated rings. The van der Waals surface area contributed by atoms with Crippen LogP contribution in [0.3, 0.4) is 0 Å². The average molecular weight is 451 g/mol. The van der Waals surface area contributed by atoms with E-state index in [9.17, 15) is 9.59 Å². The van der Waals surface area contributed by atoms with Gasteiger partial charge in [-0.05, 0) is 69.0 Å². The Bertz CT molecular complexity index is 1130. The Morgan fingerprint density at radius 1 is 1.16 bits per heavy atom. The van der Waals surface area contributed by atoms with E-state index in [4.69, 9.17) is 4.74 Å². The number of rotatable bonds is 8. The van der Waals surface area contributed by atoms with Gasteiger partial charge in [-0.15, -0.1) is 0 Å².